The zero-order chi connectivity index (χ0) is 12.3. The van der Waals surface area contributed by atoms with E-state index < -0.39 is 0 Å². The minimum Gasteiger partial charge on any atom is -0.423 e. The maximum absolute atomic E-state index is 11.9. The molecule has 0 atom stereocenters. The van der Waals surface area contributed by atoms with Crippen LogP contribution in [0.25, 0.3) is 0 Å². The Hall–Kier alpha value is -1.80. The van der Waals surface area contributed by atoms with Gasteiger partial charge in [-0.25, -0.2) is 4.79 Å². The van der Waals surface area contributed by atoms with Crippen molar-refractivity contribution in [3.63, 3.8) is 0 Å². The molecule has 2 nitrogen and oxygen atoms in total. The summed E-state index contributed by atoms with van der Waals surface area (Å²) < 4.78 is 5.24. The smallest absolute Gasteiger partial charge is 0.343 e. The van der Waals surface area contributed by atoms with Crippen molar-refractivity contribution < 1.29 is 9.53 Å². The largest absolute Gasteiger partial charge is 0.423 e. The topological polar surface area (TPSA) is 26.3 Å². The van der Waals surface area contributed by atoms with Gasteiger partial charge in [0.15, 0.2) is 0 Å². The lowest BCUT2D eigenvalue weighted by Gasteiger charge is -2.06. The van der Waals surface area contributed by atoms with Gasteiger partial charge in [0, 0.05) is 5.02 Å². The van der Waals surface area contributed by atoms with Gasteiger partial charge in [0.05, 0.1) is 5.56 Å². The quantitative estimate of drug-likeness (QED) is 0.594. The van der Waals surface area contributed by atoms with Crippen LogP contribution in [0, 0.1) is 6.92 Å². The highest BCUT2D eigenvalue weighted by Gasteiger charge is 2.11. The van der Waals surface area contributed by atoms with Gasteiger partial charge in [-0.05, 0) is 42.8 Å². The first-order chi connectivity index (χ1) is 8.16. The molecule has 0 radical (unpaired) electrons. The molecule has 0 saturated carbocycles. The Labute approximate surface area is 105 Å². The summed E-state index contributed by atoms with van der Waals surface area (Å²) in [4.78, 5) is 11.9. The lowest BCUT2D eigenvalue weighted by Crippen LogP contribution is -2.09. The van der Waals surface area contributed by atoms with Crippen molar-refractivity contribution in [2.45, 2.75) is 6.92 Å². The van der Waals surface area contributed by atoms with Crippen LogP contribution in [0.3, 0.4) is 0 Å². The molecular weight excluding hydrogens is 236 g/mol. The van der Waals surface area contributed by atoms with E-state index >= 15 is 0 Å². The Kier molecular flexibility index (Phi) is 3.45. The Bertz CT molecular complexity index is 535. The van der Waals surface area contributed by atoms with E-state index in [1.807, 2.05) is 25.1 Å². The number of aryl methyl sites for hydroxylation is 1. The molecule has 0 aromatic heterocycles. The summed E-state index contributed by atoms with van der Waals surface area (Å²) >= 11 is 5.83. The van der Waals surface area contributed by atoms with E-state index in [0.717, 1.165) is 5.56 Å². The highest BCUT2D eigenvalue weighted by atomic mass is 35.5. The lowest BCUT2D eigenvalue weighted by molar-refractivity contribution is 0.0734. The Morgan fingerprint density at radius 2 is 1.82 bits per heavy atom. The molecule has 0 heterocycles. The minimum atomic E-state index is -0.370. The Morgan fingerprint density at radius 1 is 1.12 bits per heavy atom. The number of esters is 1. The second-order valence-electron chi connectivity index (χ2n) is 3.66. The van der Waals surface area contributed by atoms with Crippen LogP contribution >= 0.6 is 11.6 Å². The van der Waals surface area contributed by atoms with E-state index in [9.17, 15) is 4.79 Å². The number of para-hydroxylation sites is 1. The number of benzene rings is 2. The van der Waals surface area contributed by atoms with Crippen molar-refractivity contribution in [2.24, 2.45) is 0 Å². The van der Waals surface area contributed by atoms with Gasteiger partial charge in [0.1, 0.15) is 5.75 Å². The molecule has 2 aromatic rings. The van der Waals surface area contributed by atoms with Crippen LogP contribution < -0.4 is 4.74 Å². The van der Waals surface area contributed by atoms with Gasteiger partial charge in [-0.1, -0.05) is 29.8 Å². The molecule has 0 spiro atoms. The highest BCUT2D eigenvalue weighted by molar-refractivity contribution is 6.30. The van der Waals surface area contributed by atoms with Crippen molar-refractivity contribution >= 4 is 17.6 Å². The van der Waals surface area contributed by atoms with Gasteiger partial charge in [-0.2, -0.15) is 0 Å². The third kappa shape index (κ3) is 2.86. The van der Waals surface area contributed by atoms with E-state index in [-0.39, 0.29) is 5.97 Å². The number of hydrogen-bond acceptors (Lipinski definition) is 2. The van der Waals surface area contributed by atoms with Gasteiger partial charge in [-0.15, -0.1) is 0 Å². The Balaban J connectivity index is 2.21. The van der Waals surface area contributed by atoms with Gasteiger partial charge in [0.2, 0.25) is 0 Å². The standard InChI is InChI=1S/C14H11ClO2/c1-10-9-11(15)7-8-13(10)14(16)17-12-5-3-2-4-6-12/h2-9H,1H3. The fourth-order valence-corrected chi connectivity index (χ4v) is 1.73. The summed E-state index contributed by atoms with van der Waals surface area (Å²) in [7, 11) is 0. The van der Waals surface area contributed by atoms with Crippen molar-refractivity contribution in [3.05, 3.63) is 64.7 Å². The molecule has 2 aromatic carbocycles. The first-order valence-corrected chi connectivity index (χ1v) is 5.58. The first-order valence-electron chi connectivity index (χ1n) is 5.20. The number of rotatable bonds is 2. The first kappa shape index (κ1) is 11.7. The molecule has 17 heavy (non-hydrogen) atoms. The molecule has 0 unspecified atom stereocenters. The molecule has 86 valence electrons. The predicted molar refractivity (Wildman–Crippen MR) is 67.6 cm³/mol. The van der Waals surface area contributed by atoms with Crippen molar-refractivity contribution in [1.82, 2.24) is 0 Å². The van der Waals surface area contributed by atoms with E-state index in [0.29, 0.717) is 16.3 Å². The molecule has 0 N–H and O–H groups in total. The third-order valence-electron chi connectivity index (χ3n) is 2.36. The maximum atomic E-state index is 11.9. The van der Waals surface area contributed by atoms with Crippen LogP contribution in [-0.4, -0.2) is 5.97 Å². The average molecular weight is 247 g/mol. The van der Waals surface area contributed by atoms with Gasteiger partial charge >= 0.3 is 5.97 Å². The molecule has 0 fully saturated rings. The van der Waals surface area contributed by atoms with Gasteiger partial charge in [-0.3, -0.25) is 0 Å². The van der Waals surface area contributed by atoms with Crippen LogP contribution in [0.15, 0.2) is 48.5 Å². The predicted octanol–water partition coefficient (Wildman–Crippen LogP) is 3.87. The molecule has 2 rings (SSSR count). The maximum Gasteiger partial charge on any atom is 0.343 e. The van der Waals surface area contributed by atoms with Gasteiger partial charge in [0.25, 0.3) is 0 Å². The molecule has 0 aliphatic rings. The van der Waals surface area contributed by atoms with Crippen LogP contribution in [-0.2, 0) is 0 Å². The number of carbonyl (C=O) groups excluding carboxylic acids is 1. The summed E-state index contributed by atoms with van der Waals surface area (Å²) in [5, 5.41) is 0.610. The molecule has 0 aliphatic carbocycles. The molecule has 0 bridgehead atoms. The molecule has 0 aliphatic heterocycles. The Morgan fingerprint density at radius 3 is 2.47 bits per heavy atom. The van der Waals surface area contributed by atoms with E-state index in [1.165, 1.54) is 0 Å². The van der Waals surface area contributed by atoms with Crippen LogP contribution in [0.5, 0.6) is 5.75 Å². The summed E-state index contributed by atoms with van der Waals surface area (Å²) in [5.41, 5.74) is 1.33. The normalized spacial score (nSPS) is 10.0. The van der Waals surface area contributed by atoms with E-state index in [2.05, 4.69) is 0 Å². The lowest BCUT2D eigenvalue weighted by atomic mass is 10.1. The van der Waals surface area contributed by atoms with E-state index in [1.54, 1.807) is 30.3 Å². The molecule has 3 heteroatoms. The third-order valence-corrected chi connectivity index (χ3v) is 2.60. The molecule has 0 amide bonds. The number of halogens is 1. The summed E-state index contributed by atoms with van der Waals surface area (Å²) in [6.07, 6.45) is 0. The van der Waals surface area contributed by atoms with Crippen molar-refractivity contribution in [1.29, 1.82) is 0 Å². The van der Waals surface area contributed by atoms with Gasteiger partial charge < -0.3 is 4.74 Å². The fraction of sp³-hybridized carbons (Fsp3) is 0.0714. The second-order valence-corrected chi connectivity index (χ2v) is 4.10. The fourth-order valence-electron chi connectivity index (χ4n) is 1.51. The van der Waals surface area contributed by atoms with Crippen molar-refractivity contribution in [3.8, 4) is 5.75 Å². The SMILES string of the molecule is Cc1cc(Cl)ccc1C(=O)Oc1ccccc1. The highest BCUT2D eigenvalue weighted by Crippen LogP contribution is 2.17. The van der Waals surface area contributed by atoms with E-state index in [4.69, 9.17) is 16.3 Å². The summed E-state index contributed by atoms with van der Waals surface area (Å²) in [6.45, 7) is 1.83. The van der Waals surface area contributed by atoms with Crippen LogP contribution in [0.4, 0.5) is 0 Å². The van der Waals surface area contributed by atoms with Crippen LogP contribution in [0.1, 0.15) is 15.9 Å². The second kappa shape index (κ2) is 5.02. The zero-order valence-corrected chi connectivity index (χ0v) is 10.1. The van der Waals surface area contributed by atoms with Crippen LogP contribution in [0.2, 0.25) is 5.02 Å². The summed E-state index contributed by atoms with van der Waals surface area (Å²) in [5.74, 6) is 0.164. The minimum absolute atomic E-state index is 0.370. The average Bonchev–Trinajstić information content (AvgIpc) is 2.30. The molecule has 0 saturated heterocycles. The monoisotopic (exact) mass is 246 g/mol. The molecular formula is C14H11ClO2. The number of hydrogen-bond donors (Lipinski definition) is 0. The summed E-state index contributed by atoms with van der Waals surface area (Å²) in [6, 6.07) is 14.1. The number of ether oxygens (including phenoxy) is 1. The number of carbonyl (C=O) groups is 1. The zero-order valence-electron chi connectivity index (χ0n) is 9.31. The van der Waals surface area contributed by atoms with Crippen molar-refractivity contribution in [2.75, 3.05) is 0 Å².